The summed E-state index contributed by atoms with van der Waals surface area (Å²) >= 11 is 0. The average molecular weight is 534 g/mol. The van der Waals surface area contributed by atoms with Gasteiger partial charge in [0.25, 0.3) is 0 Å². The molecule has 2 aliphatic rings. The molecule has 3 nitrogen and oxygen atoms in total. The highest BCUT2D eigenvalue weighted by Gasteiger charge is 2.22. The van der Waals surface area contributed by atoms with Gasteiger partial charge in [0.2, 0.25) is 0 Å². The topological polar surface area (TPSA) is 37.6 Å². The molecule has 0 spiro atoms. The van der Waals surface area contributed by atoms with E-state index in [2.05, 4.69) is 84.0 Å². The van der Waals surface area contributed by atoms with Gasteiger partial charge in [0.1, 0.15) is 0 Å². The molecule has 40 heavy (non-hydrogen) atoms. The van der Waals surface area contributed by atoms with Crippen LogP contribution in [-0.4, -0.2) is 16.4 Å². The number of hydrogen-bond donors (Lipinski definition) is 0. The van der Waals surface area contributed by atoms with E-state index in [0.29, 0.717) is 11.8 Å². The largest absolute Gasteiger partial charge is 0.251 e. The zero-order chi connectivity index (χ0) is 28.2. The molecule has 0 saturated heterocycles. The van der Waals surface area contributed by atoms with Crippen molar-refractivity contribution in [1.82, 2.24) is 4.98 Å². The van der Waals surface area contributed by atoms with Crippen molar-refractivity contribution in [3.05, 3.63) is 87.2 Å². The molecule has 210 valence electrons. The highest BCUT2D eigenvalue weighted by molar-refractivity contribution is 6.02. The molecule has 5 rings (SSSR count). The van der Waals surface area contributed by atoms with E-state index in [1.807, 2.05) is 0 Å². The molecule has 0 N–H and O–H groups in total. The van der Waals surface area contributed by atoms with Gasteiger partial charge in [-0.2, -0.15) is 0 Å². The van der Waals surface area contributed by atoms with Crippen molar-refractivity contribution in [3.8, 4) is 0 Å². The van der Waals surface area contributed by atoms with Crippen molar-refractivity contribution in [2.24, 2.45) is 9.98 Å². The summed E-state index contributed by atoms with van der Waals surface area (Å²) in [5, 5.41) is 0. The van der Waals surface area contributed by atoms with Gasteiger partial charge in [-0.05, 0) is 113 Å². The molecule has 3 aromatic rings. The van der Waals surface area contributed by atoms with Gasteiger partial charge in [-0.15, -0.1) is 0 Å². The Morgan fingerprint density at radius 1 is 0.600 bits per heavy atom. The van der Waals surface area contributed by atoms with Gasteiger partial charge in [-0.3, -0.25) is 9.98 Å². The Hall–Kier alpha value is -3.07. The second-order valence-corrected chi connectivity index (χ2v) is 12.5. The van der Waals surface area contributed by atoms with Gasteiger partial charge in [0, 0.05) is 0 Å². The number of benzene rings is 2. The lowest BCUT2D eigenvalue weighted by Crippen LogP contribution is -2.08. The molecule has 0 radical (unpaired) electrons. The SMILES string of the molecule is CC(=Nc1c(C)cc(C)cc1C1CCCCC1)c1cccc(C(C)=Nc2c(C)cc(C)cc2C2CCCCC2)n1. The first-order valence-corrected chi connectivity index (χ1v) is 15.6. The lowest BCUT2D eigenvalue weighted by Gasteiger charge is -2.25. The predicted molar refractivity (Wildman–Crippen MR) is 171 cm³/mol. The van der Waals surface area contributed by atoms with Crippen molar-refractivity contribution in [2.45, 2.75) is 118 Å². The maximum atomic E-state index is 5.24. The first-order chi connectivity index (χ1) is 19.3. The fourth-order valence-corrected chi connectivity index (χ4v) is 7.03. The smallest absolute Gasteiger partial charge is 0.0849 e. The van der Waals surface area contributed by atoms with E-state index in [4.69, 9.17) is 15.0 Å². The molecule has 0 atom stereocenters. The second-order valence-electron chi connectivity index (χ2n) is 12.5. The number of hydrogen-bond acceptors (Lipinski definition) is 3. The first-order valence-electron chi connectivity index (χ1n) is 15.6. The number of pyridine rings is 1. The van der Waals surface area contributed by atoms with Crippen LogP contribution in [0.3, 0.4) is 0 Å². The molecule has 2 aromatic carbocycles. The molecule has 0 amide bonds. The van der Waals surface area contributed by atoms with Crippen LogP contribution in [-0.2, 0) is 0 Å². The standard InChI is InChI=1S/C37H47N3/c1-24-20-26(3)36(32(22-24)30-14-9-7-10-15-30)38-28(5)34-18-13-19-35(40-34)29(6)39-37-27(4)21-25(2)23-33(37)31-16-11-8-12-17-31/h13,18-23,30-31H,7-12,14-17H2,1-6H3. The van der Waals surface area contributed by atoms with Gasteiger partial charge in [-0.25, -0.2) is 4.98 Å². The third-order valence-electron chi connectivity index (χ3n) is 9.09. The third-order valence-corrected chi connectivity index (χ3v) is 9.09. The van der Waals surface area contributed by atoms with Gasteiger partial charge in [0.15, 0.2) is 0 Å². The quantitative estimate of drug-likeness (QED) is 0.290. The van der Waals surface area contributed by atoms with Crippen LogP contribution in [0, 0.1) is 27.7 Å². The Balaban J connectivity index is 1.48. The van der Waals surface area contributed by atoms with Crippen LogP contribution >= 0.6 is 0 Å². The normalized spacial score (nSPS) is 17.9. The number of rotatable bonds is 6. The fraction of sp³-hybridized carbons (Fsp3) is 0.486. The third kappa shape index (κ3) is 6.45. The Morgan fingerprint density at radius 3 is 1.40 bits per heavy atom. The lowest BCUT2D eigenvalue weighted by atomic mass is 9.82. The molecule has 1 heterocycles. The van der Waals surface area contributed by atoms with E-state index in [1.54, 1.807) is 0 Å². The molecule has 0 bridgehead atoms. The second kappa shape index (κ2) is 12.6. The van der Waals surface area contributed by atoms with Crippen LogP contribution in [0.1, 0.15) is 135 Å². The van der Waals surface area contributed by atoms with Gasteiger partial charge < -0.3 is 0 Å². The van der Waals surface area contributed by atoms with Crippen molar-refractivity contribution >= 4 is 22.8 Å². The summed E-state index contributed by atoms with van der Waals surface area (Å²) in [6.07, 6.45) is 13.1. The summed E-state index contributed by atoms with van der Waals surface area (Å²) in [5.74, 6) is 1.23. The minimum atomic E-state index is 0.615. The summed E-state index contributed by atoms with van der Waals surface area (Å²) in [4.78, 5) is 15.6. The number of nitrogens with zero attached hydrogens (tertiary/aromatic N) is 3. The summed E-state index contributed by atoms with van der Waals surface area (Å²) in [6, 6.07) is 15.6. The highest BCUT2D eigenvalue weighted by Crippen LogP contribution is 2.41. The number of aromatic nitrogens is 1. The van der Waals surface area contributed by atoms with Gasteiger partial charge in [-0.1, -0.05) is 80.0 Å². The minimum absolute atomic E-state index is 0.615. The highest BCUT2D eigenvalue weighted by atomic mass is 14.8. The van der Waals surface area contributed by atoms with E-state index in [9.17, 15) is 0 Å². The zero-order valence-electron chi connectivity index (χ0n) is 25.6. The van der Waals surface area contributed by atoms with Crippen LogP contribution in [0.15, 0.2) is 52.4 Å². The van der Waals surface area contributed by atoms with Crippen molar-refractivity contribution < 1.29 is 0 Å². The van der Waals surface area contributed by atoms with Crippen LogP contribution in [0.5, 0.6) is 0 Å². The van der Waals surface area contributed by atoms with Crippen molar-refractivity contribution in [3.63, 3.8) is 0 Å². The fourth-order valence-electron chi connectivity index (χ4n) is 7.03. The zero-order valence-corrected chi connectivity index (χ0v) is 25.6. The maximum absolute atomic E-state index is 5.24. The lowest BCUT2D eigenvalue weighted by molar-refractivity contribution is 0.444. The Bertz CT molecular complexity index is 1310. The minimum Gasteiger partial charge on any atom is -0.251 e. The monoisotopic (exact) mass is 533 g/mol. The van der Waals surface area contributed by atoms with E-state index in [-0.39, 0.29) is 0 Å². The van der Waals surface area contributed by atoms with Crippen molar-refractivity contribution in [2.75, 3.05) is 0 Å². The number of aryl methyl sites for hydroxylation is 4. The molecule has 2 aliphatic carbocycles. The molecule has 3 heteroatoms. The Labute approximate surface area is 242 Å². The summed E-state index contributed by atoms with van der Waals surface area (Å²) in [6.45, 7) is 13.0. The average Bonchev–Trinajstić information content (AvgIpc) is 2.96. The maximum Gasteiger partial charge on any atom is 0.0849 e. The van der Waals surface area contributed by atoms with Crippen LogP contribution < -0.4 is 0 Å². The Morgan fingerprint density at radius 2 is 1.00 bits per heavy atom. The molecular formula is C37H47N3. The molecule has 1 aromatic heterocycles. The van der Waals surface area contributed by atoms with Crippen LogP contribution in [0.4, 0.5) is 11.4 Å². The summed E-state index contributed by atoms with van der Waals surface area (Å²) in [7, 11) is 0. The van der Waals surface area contributed by atoms with Crippen LogP contribution in [0.2, 0.25) is 0 Å². The summed E-state index contributed by atoms with van der Waals surface area (Å²) in [5.41, 5.74) is 14.1. The molecule has 0 aliphatic heterocycles. The van der Waals surface area contributed by atoms with Crippen molar-refractivity contribution in [1.29, 1.82) is 0 Å². The Kier molecular flexibility index (Phi) is 8.98. The van der Waals surface area contributed by atoms with Crippen LogP contribution in [0.25, 0.3) is 0 Å². The van der Waals surface area contributed by atoms with E-state index < -0.39 is 0 Å². The van der Waals surface area contributed by atoms with Gasteiger partial charge >= 0.3 is 0 Å². The first kappa shape index (κ1) is 28.5. The van der Waals surface area contributed by atoms with E-state index in [0.717, 1.165) is 34.2 Å². The molecular weight excluding hydrogens is 486 g/mol. The summed E-state index contributed by atoms with van der Waals surface area (Å²) < 4.78 is 0. The molecule has 0 unspecified atom stereocenters. The van der Waals surface area contributed by atoms with Gasteiger partial charge in [0.05, 0.1) is 34.2 Å². The molecule has 2 fully saturated rings. The van der Waals surface area contributed by atoms with E-state index >= 15 is 0 Å². The van der Waals surface area contributed by atoms with E-state index in [1.165, 1.54) is 97.6 Å². The molecule has 2 saturated carbocycles. The predicted octanol–water partition coefficient (Wildman–Crippen LogP) is 10.7. The number of aliphatic imine (C=N–C) groups is 2.